The lowest BCUT2D eigenvalue weighted by atomic mass is 9.76. The Morgan fingerprint density at radius 2 is 1.76 bits per heavy atom. The van der Waals surface area contributed by atoms with Crippen LogP contribution in [0.15, 0.2) is 54.6 Å². The fourth-order valence-corrected chi connectivity index (χ4v) is 6.37. The Hall–Kier alpha value is -4.39. The average molecular weight is 508 g/mol. The van der Waals surface area contributed by atoms with Crippen molar-refractivity contribution in [3.05, 3.63) is 76.9 Å². The quantitative estimate of drug-likeness (QED) is 0.331. The highest BCUT2D eigenvalue weighted by Gasteiger charge is 2.66. The molecule has 1 fully saturated rings. The molecule has 1 saturated heterocycles. The van der Waals surface area contributed by atoms with E-state index in [2.05, 4.69) is 16.3 Å². The van der Waals surface area contributed by atoms with Crippen LogP contribution in [0.5, 0.6) is 11.8 Å². The lowest BCUT2D eigenvalue weighted by Crippen LogP contribution is -2.33. The molecule has 3 aromatic carbocycles. The summed E-state index contributed by atoms with van der Waals surface area (Å²) in [6, 6.07) is 18.9. The zero-order chi connectivity index (χ0) is 26.4. The number of ether oxygens (including phenoxy) is 1. The van der Waals surface area contributed by atoms with Crippen molar-refractivity contribution in [2.75, 3.05) is 0 Å². The molecule has 2 bridgehead atoms. The fourth-order valence-electron chi connectivity index (χ4n) is 6.37. The summed E-state index contributed by atoms with van der Waals surface area (Å²) in [7, 11) is 0. The lowest BCUT2D eigenvalue weighted by molar-refractivity contribution is -0.106. The van der Waals surface area contributed by atoms with E-state index in [4.69, 9.17) is 4.74 Å². The number of benzene rings is 3. The summed E-state index contributed by atoms with van der Waals surface area (Å²) in [6.07, 6.45) is -0.222. The monoisotopic (exact) mass is 507 g/mol. The second kappa shape index (κ2) is 7.57. The van der Waals surface area contributed by atoms with Gasteiger partial charge in [0.2, 0.25) is 11.8 Å². The van der Waals surface area contributed by atoms with Crippen LogP contribution in [-0.2, 0) is 22.5 Å². The van der Waals surface area contributed by atoms with Gasteiger partial charge in [0, 0.05) is 23.6 Å². The summed E-state index contributed by atoms with van der Waals surface area (Å²) in [5.74, 6) is -0.328. The predicted octanol–water partition coefficient (Wildman–Crippen LogP) is 4.26. The third kappa shape index (κ3) is 2.87. The number of aromatic nitrogens is 4. The number of hydrogen-bond acceptors (Lipinski definition) is 7. The molecule has 0 amide bonds. The molecule has 190 valence electrons. The van der Waals surface area contributed by atoms with E-state index in [0.717, 1.165) is 16.6 Å². The number of rotatable bonds is 4. The van der Waals surface area contributed by atoms with Crippen LogP contribution in [0.3, 0.4) is 0 Å². The predicted molar refractivity (Wildman–Crippen MR) is 139 cm³/mol. The minimum Gasteiger partial charge on any atom is -0.494 e. The fraction of sp³-hybridized carbons (Fsp3) is 0.276. The van der Waals surface area contributed by atoms with E-state index < -0.39 is 17.3 Å². The first-order valence-corrected chi connectivity index (χ1v) is 12.6. The maximum Gasteiger partial charge on any atom is 0.205 e. The number of aliphatic hydroxyl groups is 1. The number of aromatic hydroxyl groups is 2. The van der Waals surface area contributed by atoms with Crippen molar-refractivity contribution >= 4 is 21.8 Å². The molecule has 7 rings (SSSR count). The second-order valence-electron chi connectivity index (χ2n) is 10.5. The molecule has 5 aromatic rings. The van der Waals surface area contributed by atoms with Gasteiger partial charge in [-0.3, -0.25) is 4.57 Å². The van der Waals surface area contributed by atoms with E-state index in [1.165, 1.54) is 4.57 Å². The smallest absolute Gasteiger partial charge is 0.205 e. The van der Waals surface area contributed by atoms with Gasteiger partial charge in [-0.2, -0.15) is 20.3 Å². The minimum atomic E-state index is -1.19. The molecule has 3 N–H and O–H groups in total. The lowest BCUT2D eigenvalue weighted by Gasteiger charge is -2.26. The summed E-state index contributed by atoms with van der Waals surface area (Å²) in [5, 5.41) is 54.4. The average Bonchev–Trinajstić information content (AvgIpc) is 3.58. The molecule has 3 atom stereocenters. The van der Waals surface area contributed by atoms with Gasteiger partial charge >= 0.3 is 0 Å². The molecular formula is C29H25N5O4. The van der Waals surface area contributed by atoms with E-state index in [1.54, 1.807) is 23.9 Å². The van der Waals surface area contributed by atoms with Crippen molar-refractivity contribution in [1.29, 1.82) is 5.26 Å². The zero-order valence-electron chi connectivity index (χ0n) is 20.9. The van der Waals surface area contributed by atoms with E-state index in [-0.39, 0.29) is 18.2 Å². The molecule has 2 aliphatic heterocycles. The van der Waals surface area contributed by atoms with Crippen molar-refractivity contribution in [1.82, 2.24) is 19.6 Å². The molecule has 38 heavy (non-hydrogen) atoms. The van der Waals surface area contributed by atoms with Gasteiger partial charge in [0.25, 0.3) is 0 Å². The Balaban J connectivity index is 1.36. The van der Waals surface area contributed by atoms with Crippen LogP contribution in [0.25, 0.3) is 27.5 Å². The van der Waals surface area contributed by atoms with Gasteiger partial charge in [0.1, 0.15) is 22.2 Å². The largest absolute Gasteiger partial charge is 0.494 e. The maximum absolute atomic E-state index is 11.6. The highest BCUT2D eigenvalue weighted by molar-refractivity contribution is 5.95. The molecule has 4 heterocycles. The van der Waals surface area contributed by atoms with Gasteiger partial charge in [-0.25, -0.2) is 0 Å². The second-order valence-corrected chi connectivity index (χ2v) is 10.5. The first-order valence-electron chi connectivity index (χ1n) is 12.6. The number of aryl methyl sites for hydroxylation is 2. The van der Waals surface area contributed by atoms with Crippen molar-refractivity contribution < 1.29 is 20.1 Å². The first-order chi connectivity index (χ1) is 18.3. The Morgan fingerprint density at radius 3 is 2.55 bits per heavy atom. The van der Waals surface area contributed by atoms with Crippen molar-refractivity contribution in [2.45, 2.75) is 50.5 Å². The summed E-state index contributed by atoms with van der Waals surface area (Å²) in [6.45, 7) is 4.14. The molecule has 0 unspecified atom stereocenters. The van der Waals surface area contributed by atoms with Gasteiger partial charge in [0.15, 0.2) is 0 Å². The summed E-state index contributed by atoms with van der Waals surface area (Å²) in [4.78, 5) is 1.62. The van der Waals surface area contributed by atoms with Gasteiger partial charge in [0.05, 0.1) is 41.1 Å². The number of nitriles is 1. The highest BCUT2D eigenvalue weighted by atomic mass is 16.6. The number of aliphatic hydroxyl groups excluding tert-OH is 1. The van der Waals surface area contributed by atoms with Crippen LogP contribution in [0, 0.1) is 18.3 Å². The van der Waals surface area contributed by atoms with E-state index in [1.807, 2.05) is 49.4 Å². The van der Waals surface area contributed by atoms with Crippen LogP contribution in [0.4, 0.5) is 0 Å². The molecule has 2 aliphatic rings. The van der Waals surface area contributed by atoms with Crippen LogP contribution in [0.2, 0.25) is 0 Å². The minimum absolute atomic E-state index is 0.141. The van der Waals surface area contributed by atoms with Crippen molar-refractivity contribution in [2.24, 2.45) is 0 Å². The molecule has 0 spiro atoms. The third-order valence-electron chi connectivity index (χ3n) is 8.19. The Labute approximate surface area is 217 Å². The summed E-state index contributed by atoms with van der Waals surface area (Å²) < 4.78 is 7.86. The normalized spacial score (nSPS) is 23.8. The SMILES string of the molecule is Cc1ccc2nn(CC[C@]34C[C@H](O)[C@](C)(O3)c3c4c(O)n(-c4ccc(C#N)c5ccccc45)c3O)nc2c1. The van der Waals surface area contributed by atoms with Crippen LogP contribution in [-0.4, -0.2) is 41.0 Å². The number of fused-ring (bicyclic) bond motifs is 7. The van der Waals surface area contributed by atoms with E-state index in [0.29, 0.717) is 46.1 Å². The topological polar surface area (TPSA) is 129 Å². The van der Waals surface area contributed by atoms with Gasteiger partial charge in [-0.1, -0.05) is 30.3 Å². The molecular weight excluding hydrogens is 482 g/mol. The summed E-state index contributed by atoms with van der Waals surface area (Å²) >= 11 is 0. The van der Waals surface area contributed by atoms with Crippen molar-refractivity contribution in [3.63, 3.8) is 0 Å². The van der Waals surface area contributed by atoms with Gasteiger partial charge in [-0.15, -0.1) is 0 Å². The van der Waals surface area contributed by atoms with Crippen LogP contribution >= 0.6 is 0 Å². The first kappa shape index (κ1) is 22.8. The van der Waals surface area contributed by atoms with Gasteiger partial charge in [-0.05, 0) is 43.7 Å². The molecule has 0 saturated carbocycles. The standard InChI is InChI=1S/C29H25N5O4/c1-16-7-9-20-21(13-16)32-33(31-20)12-11-29-14-23(35)28(2,38-29)24-25(29)27(37)34(26(24)36)22-10-8-17(15-30)18-5-3-4-6-19(18)22/h3-10,13,23,35-37H,11-12,14H2,1-2H3/t23-,28-,29+/m0/s1. The Kier molecular flexibility index (Phi) is 4.54. The zero-order valence-corrected chi connectivity index (χ0v) is 20.9. The Morgan fingerprint density at radius 1 is 1.03 bits per heavy atom. The van der Waals surface area contributed by atoms with E-state index >= 15 is 0 Å². The van der Waals surface area contributed by atoms with Crippen LogP contribution < -0.4 is 0 Å². The molecule has 0 radical (unpaired) electrons. The summed E-state index contributed by atoms with van der Waals surface area (Å²) in [5.41, 5.74) is 2.35. The molecule has 9 heteroatoms. The highest BCUT2D eigenvalue weighted by Crippen LogP contribution is 2.65. The van der Waals surface area contributed by atoms with Crippen LogP contribution in [0.1, 0.15) is 42.0 Å². The van der Waals surface area contributed by atoms with Gasteiger partial charge < -0.3 is 20.1 Å². The van der Waals surface area contributed by atoms with Crippen molar-refractivity contribution in [3.8, 4) is 23.5 Å². The Bertz CT molecular complexity index is 1830. The number of nitrogens with zero attached hydrogens (tertiary/aromatic N) is 5. The maximum atomic E-state index is 11.6. The number of hydrogen-bond donors (Lipinski definition) is 3. The molecule has 0 aliphatic carbocycles. The third-order valence-corrected chi connectivity index (χ3v) is 8.19. The molecule has 2 aromatic heterocycles. The molecule has 9 nitrogen and oxygen atoms in total. The van der Waals surface area contributed by atoms with E-state index in [9.17, 15) is 20.6 Å².